The Kier molecular flexibility index (Phi) is 6.60. The molecule has 10 heteroatoms. The van der Waals surface area contributed by atoms with E-state index in [-0.39, 0.29) is 18.1 Å². The topological polar surface area (TPSA) is 138 Å². The van der Waals surface area contributed by atoms with Crippen LogP contribution in [0.5, 0.6) is 0 Å². The lowest BCUT2D eigenvalue weighted by Crippen LogP contribution is -2.48. The first-order valence-corrected chi connectivity index (χ1v) is 12.3. The highest BCUT2D eigenvalue weighted by Gasteiger charge is 2.65. The predicted octanol–water partition coefficient (Wildman–Crippen LogP) is 3.35. The van der Waals surface area contributed by atoms with Crippen LogP contribution in [0.3, 0.4) is 0 Å². The largest absolute Gasteiger partial charge is 0.459 e. The molecule has 3 N–H and O–H groups in total. The molecule has 0 spiro atoms. The fraction of sp³-hybridized carbons (Fsp3) is 0.286. The molecule has 0 bridgehead atoms. The van der Waals surface area contributed by atoms with Crippen molar-refractivity contribution in [2.24, 2.45) is 5.41 Å². The van der Waals surface area contributed by atoms with Crippen LogP contribution in [0.1, 0.15) is 46.7 Å². The standard InChI is InChI=1S/C28H28N4O6/c1-3-27(2)23(37-26(34)19-12-8-5-9-13-19)21(16-36-25(33)18-10-6-4-7-11-18)38-28(27,35)22-15-14-20-24(29)30-17-31-32(20)22/h4-15,17,21,23,35H,3,16H2,1-2H3,(H2,29,30,31)/t21-,23-,27-,28?/m1/s1. The van der Waals surface area contributed by atoms with Crippen LogP contribution >= 0.6 is 0 Å². The summed E-state index contributed by atoms with van der Waals surface area (Å²) in [7, 11) is 0. The maximum atomic E-state index is 13.2. The van der Waals surface area contributed by atoms with Crippen molar-refractivity contribution in [2.45, 2.75) is 38.3 Å². The van der Waals surface area contributed by atoms with E-state index in [9.17, 15) is 14.7 Å². The molecule has 196 valence electrons. The number of nitrogen functional groups attached to an aromatic ring is 1. The molecule has 1 fully saturated rings. The molecule has 2 aromatic heterocycles. The zero-order chi connectivity index (χ0) is 26.9. The Labute approximate surface area is 219 Å². The molecular weight excluding hydrogens is 488 g/mol. The van der Waals surface area contributed by atoms with Gasteiger partial charge in [0.2, 0.25) is 5.79 Å². The molecule has 0 amide bonds. The molecule has 1 saturated heterocycles. The Balaban J connectivity index is 1.53. The third-order valence-corrected chi connectivity index (χ3v) is 7.26. The van der Waals surface area contributed by atoms with E-state index in [4.69, 9.17) is 19.9 Å². The number of anilines is 1. The quantitative estimate of drug-likeness (QED) is 0.354. The molecule has 4 aromatic rings. The fourth-order valence-corrected chi connectivity index (χ4v) is 4.92. The number of aliphatic hydroxyl groups is 1. The van der Waals surface area contributed by atoms with Gasteiger partial charge >= 0.3 is 11.9 Å². The van der Waals surface area contributed by atoms with E-state index >= 15 is 0 Å². The first-order valence-electron chi connectivity index (χ1n) is 12.3. The lowest BCUT2D eigenvalue weighted by Gasteiger charge is -2.39. The monoisotopic (exact) mass is 516 g/mol. The lowest BCUT2D eigenvalue weighted by molar-refractivity contribution is -0.254. The number of nitrogens with zero attached hydrogens (tertiary/aromatic N) is 3. The minimum absolute atomic E-state index is 0.228. The van der Waals surface area contributed by atoms with E-state index in [1.165, 1.54) is 10.8 Å². The van der Waals surface area contributed by atoms with Crippen LogP contribution in [0.25, 0.3) is 5.52 Å². The number of ether oxygens (including phenoxy) is 3. The third kappa shape index (κ3) is 4.17. The highest BCUT2D eigenvalue weighted by atomic mass is 16.7. The first-order chi connectivity index (χ1) is 18.3. The number of esters is 2. The van der Waals surface area contributed by atoms with E-state index in [1.807, 2.05) is 6.92 Å². The molecule has 1 aliphatic rings. The molecular formula is C28H28N4O6. The van der Waals surface area contributed by atoms with Gasteiger partial charge in [0, 0.05) is 0 Å². The summed E-state index contributed by atoms with van der Waals surface area (Å²) in [4.78, 5) is 29.9. The zero-order valence-corrected chi connectivity index (χ0v) is 21.0. The minimum Gasteiger partial charge on any atom is -0.459 e. The van der Waals surface area contributed by atoms with Gasteiger partial charge < -0.3 is 25.1 Å². The minimum atomic E-state index is -1.99. The van der Waals surface area contributed by atoms with Crippen molar-refractivity contribution >= 4 is 23.3 Å². The molecule has 5 rings (SSSR count). The van der Waals surface area contributed by atoms with E-state index < -0.39 is 35.3 Å². The number of rotatable bonds is 7. The average Bonchev–Trinajstić information content (AvgIpc) is 3.48. The van der Waals surface area contributed by atoms with Gasteiger partial charge in [-0.25, -0.2) is 19.1 Å². The summed E-state index contributed by atoms with van der Waals surface area (Å²) >= 11 is 0. The number of benzene rings is 2. The number of nitrogens with two attached hydrogens (primary N) is 1. The van der Waals surface area contributed by atoms with Crippen LogP contribution in [0, 0.1) is 5.41 Å². The van der Waals surface area contributed by atoms with Gasteiger partial charge in [-0.15, -0.1) is 0 Å². The zero-order valence-electron chi connectivity index (χ0n) is 21.0. The molecule has 0 saturated carbocycles. The van der Waals surface area contributed by atoms with Crippen molar-refractivity contribution in [1.82, 2.24) is 14.6 Å². The van der Waals surface area contributed by atoms with Gasteiger partial charge in [0.25, 0.3) is 0 Å². The molecule has 38 heavy (non-hydrogen) atoms. The van der Waals surface area contributed by atoms with Gasteiger partial charge in [0.15, 0.2) is 5.82 Å². The molecule has 3 heterocycles. The van der Waals surface area contributed by atoms with Crippen LogP contribution in [0.15, 0.2) is 79.1 Å². The van der Waals surface area contributed by atoms with Crippen LogP contribution in [0.2, 0.25) is 0 Å². The highest BCUT2D eigenvalue weighted by molar-refractivity contribution is 5.90. The molecule has 10 nitrogen and oxygen atoms in total. The Bertz CT molecular complexity index is 1460. The predicted molar refractivity (Wildman–Crippen MR) is 137 cm³/mol. The summed E-state index contributed by atoms with van der Waals surface area (Å²) in [5, 5.41) is 16.4. The van der Waals surface area contributed by atoms with Crippen molar-refractivity contribution in [2.75, 3.05) is 12.3 Å². The maximum absolute atomic E-state index is 13.2. The number of fused-ring (bicyclic) bond motifs is 1. The van der Waals surface area contributed by atoms with Gasteiger partial charge in [-0.05, 0) is 42.8 Å². The van der Waals surface area contributed by atoms with Crippen LogP contribution < -0.4 is 5.73 Å². The van der Waals surface area contributed by atoms with E-state index in [0.717, 1.165) is 0 Å². The summed E-state index contributed by atoms with van der Waals surface area (Å²) < 4.78 is 19.3. The number of carbonyl (C=O) groups excluding carboxylic acids is 2. The first kappa shape index (κ1) is 25.4. The van der Waals surface area contributed by atoms with Crippen LogP contribution in [0.4, 0.5) is 5.82 Å². The number of hydrogen-bond donors (Lipinski definition) is 2. The van der Waals surface area contributed by atoms with Gasteiger partial charge in [-0.2, -0.15) is 5.10 Å². The van der Waals surface area contributed by atoms with Gasteiger partial charge in [-0.3, -0.25) is 0 Å². The number of hydrogen-bond acceptors (Lipinski definition) is 9. The smallest absolute Gasteiger partial charge is 0.338 e. The van der Waals surface area contributed by atoms with E-state index in [2.05, 4.69) is 10.1 Å². The molecule has 4 atom stereocenters. The Morgan fingerprint density at radius 2 is 1.66 bits per heavy atom. The van der Waals surface area contributed by atoms with Crippen molar-refractivity contribution in [3.8, 4) is 0 Å². The van der Waals surface area contributed by atoms with Crippen molar-refractivity contribution in [3.63, 3.8) is 0 Å². The maximum Gasteiger partial charge on any atom is 0.338 e. The molecule has 1 unspecified atom stereocenters. The summed E-state index contributed by atoms with van der Waals surface area (Å²) in [6, 6.07) is 20.4. The second-order valence-electron chi connectivity index (χ2n) is 9.39. The second kappa shape index (κ2) is 9.88. The summed E-state index contributed by atoms with van der Waals surface area (Å²) in [5.41, 5.74) is 6.31. The summed E-state index contributed by atoms with van der Waals surface area (Å²) in [6.07, 6.45) is -0.361. The SMILES string of the molecule is CC[C@]1(C)[C@H](OC(=O)c2ccccc2)[C@@H](COC(=O)c2ccccc2)OC1(O)c1ccc2c(N)ncnn12. The molecule has 0 radical (unpaired) electrons. The van der Waals surface area contributed by atoms with Crippen LogP contribution in [-0.2, 0) is 20.0 Å². The molecule has 1 aliphatic heterocycles. The van der Waals surface area contributed by atoms with Crippen molar-refractivity contribution < 1.29 is 28.9 Å². The van der Waals surface area contributed by atoms with Crippen molar-refractivity contribution in [1.29, 1.82) is 0 Å². The lowest BCUT2D eigenvalue weighted by atomic mass is 9.73. The van der Waals surface area contributed by atoms with E-state index in [0.29, 0.717) is 23.1 Å². The average molecular weight is 517 g/mol. The van der Waals surface area contributed by atoms with E-state index in [1.54, 1.807) is 79.7 Å². The number of carbonyl (C=O) groups is 2. The molecule has 2 aromatic carbocycles. The second-order valence-corrected chi connectivity index (χ2v) is 9.39. The normalized spacial score (nSPS) is 24.8. The Morgan fingerprint density at radius 1 is 1.03 bits per heavy atom. The Hall–Kier alpha value is -4.28. The van der Waals surface area contributed by atoms with Crippen LogP contribution in [-0.4, -0.2) is 50.5 Å². The third-order valence-electron chi connectivity index (χ3n) is 7.26. The summed E-state index contributed by atoms with van der Waals surface area (Å²) in [5.74, 6) is -2.91. The summed E-state index contributed by atoms with van der Waals surface area (Å²) in [6.45, 7) is 3.35. The van der Waals surface area contributed by atoms with Crippen molar-refractivity contribution in [3.05, 3.63) is 95.9 Å². The molecule has 0 aliphatic carbocycles. The van der Waals surface area contributed by atoms with Gasteiger partial charge in [0.05, 0.1) is 16.5 Å². The van der Waals surface area contributed by atoms with Gasteiger partial charge in [-0.1, -0.05) is 50.2 Å². The number of aromatic nitrogens is 3. The Morgan fingerprint density at radius 3 is 2.29 bits per heavy atom. The fourth-order valence-electron chi connectivity index (χ4n) is 4.92. The van der Waals surface area contributed by atoms with Gasteiger partial charge in [0.1, 0.15) is 36.4 Å². The highest BCUT2D eigenvalue weighted by Crippen LogP contribution is 2.55.